The maximum Gasteiger partial charge on any atom is 0.0946 e. The maximum absolute atomic E-state index is 4.49. The second-order valence-electron chi connectivity index (χ2n) is 5.21. The number of rotatable bonds is 6. The third kappa shape index (κ3) is 3.87. The van der Waals surface area contributed by atoms with Gasteiger partial charge in [0.25, 0.3) is 0 Å². The molecule has 2 aromatic rings. The fourth-order valence-electron chi connectivity index (χ4n) is 2.11. The predicted molar refractivity (Wildman–Crippen MR) is 86.2 cm³/mol. The normalized spacial score (nSPS) is 12.9. The molecule has 2 aromatic heterocycles. The zero-order valence-corrected chi connectivity index (χ0v) is 14.4. The quantitative estimate of drug-likeness (QED) is 0.855. The number of aromatic nitrogens is 4. The van der Waals surface area contributed by atoms with Gasteiger partial charge in [-0.25, -0.2) is 0 Å². The van der Waals surface area contributed by atoms with E-state index in [1.54, 1.807) is 6.20 Å². The van der Waals surface area contributed by atoms with Crippen LogP contribution in [0.15, 0.2) is 23.1 Å². The van der Waals surface area contributed by atoms with Gasteiger partial charge in [-0.05, 0) is 44.0 Å². The topological polar surface area (TPSA) is 58.9 Å². The highest BCUT2D eigenvalue weighted by Gasteiger charge is 2.22. The Morgan fingerprint density at radius 1 is 1.29 bits per heavy atom. The first-order valence-corrected chi connectivity index (χ1v) is 7.64. The van der Waals surface area contributed by atoms with Crippen molar-refractivity contribution >= 4 is 15.9 Å². The van der Waals surface area contributed by atoms with Crippen LogP contribution in [0.1, 0.15) is 23.1 Å². The molecule has 2 heterocycles. The number of halogens is 1. The smallest absolute Gasteiger partial charge is 0.0946 e. The number of nitrogens with one attached hydrogen (secondary N) is 1. The molecule has 0 aliphatic rings. The molecule has 114 valence electrons. The summed E-state index contributed by atoms with van der Waals surface area (Å²) in [6, 6.07) is -0.0443. The molecule has 0 fully saturated rings. The van der Waals surface area contributed by atoms with Gasteiger partial charge in [0.15, 0.2) is 0 Å². The van der Waals surface area contributed by atoms with Crippen molar-refractivity contribution in [2.24, 2.45) is 0 Å². The summed E-state index contributed by atoms with van der Waals surface area (Å²) in [6.45, 7) is 3.69. The summed E-state index contributed by atoms with van der Waals surface area (Å²) in [4.78, 5) is 11.0. The van der Waals surface area contributed by atoms with E-state index in [2.05, 4.69) is 55.3 Å². The molecule has 0 saturated heterocycles. The lowest BCUT2D eigenvalue weighted by atomic mass is 10.1. The highest BCUT2D eigenvalue weighted by Crippen LogP contribution is 2.27. The molecule has 7 heteroatoms. The molecule has 0 radical (unpaired) electrons. The van der Waals surface area contributed by atoms with Crippen molar-refractivity contribution < 1.29 is 0 Å². The van der Waals surface area contributed by atoms with Crippen LogP contribution < -0.4 is 5.32 Å². The van der Waals surface area contributed by atoms with E-state index in [0.29, 0.717) is 0 Å². The zero-order chi connectivity index (χ0) is 15.4. The van der Waals surface area contributed by atoms with Crippen LogP contribution >= 0.6 is 15.9 Å². The standard InChI is InChI=1S/C14H21BrN6/c1-10-7-18-12(9-17-10)13(16-2)14-11(15)8-19-21(14)6-5-20(3)4/h7-9,13,16H,5-6H2,1-4H3. The molecular formula is C14H21BrN6. The van der Waals surface area contributed by atoms with Gasteiger partial charge in [-0.2, -0.15) is 5.10 Å². The Morgan fingerprint density at radius 2 is 2.05 bits per heavy atom. The van der Waals surface area contributed by atoms with Crippen molar-refractivity contribution in [1.29, 1.82) is 0 Å². The molecule has 0 bridgehead atoms. The lowest BCUT2D eigenvalue weighted by Crippen LogP contribution is -2.26. The lowest BCUT2D eigenvalue weighted by molar-refractivity contribution is 0.366. The molecule has 0 amide bonds. The molecule has 0 aliphatic carbocycles. The minimum Gasteiger partial charge on any atom is -0.308 e. The van der Waals surface area contributed by atoms with Gasteiger partial charge in [0.1, 0.15) is 0 Å². The van der Waals surface area contributed by atoms with Crippen LogP contribution in [0.2, 0.25) is 0 Å². The number of hydrogen-bond donors (Lipinski definition) is 1. The second kappa shape index (κ2) is 7.11. The van der Waals surface area contributed by atoms with Crippen molar-refractivity contribution in [3.05, 3.63) is 40.1 Å². The van der Waals surface area contributed by atoms with E-state index in [0.717, 1.165) is 34.6 Å². The summed E-state index contributed by atoms with van der Waals surface area (Å²) in [5.74, 6) is 0. The molecule has 1 N–H and O–H groups in total. The van der Waals surface area contributed by atoms with Gasteiger partial charge in [-0.15, -0.1) is 0 Å². The first kappa shape index (κ1) is 16.1. The Balaban J connectivity index is 2.33. The SMILES string of the molecule is CNC(c1cnc(C)cn1)c1c(Br)cnn1CCN(C)C. The minimum atomic E-state index is -0.0443. The molecule has 0 aliphatic heterocycles. The van der Waals surface area contributed by atoms with Gasteiger partial charge < -0.3 is 10.2 Å². The monoisotopic (exact) mass is 352 g/mol. The summed E-state index contributed by atoms with van der Waals surface area (Å²) < 4.78 is 2.98. The van der Waals surface area contributed by atoms with Crippen LogP contribution in [-0.2, 0) is 6.54 Å². The predicted octanol–water partition coefficient (Wildman–Crippen LogP) is 1.61. The number of aryl methyl sites for hydroxylation is 1. The average Bonchev–Trinajstić information content (AvgIpc) is 2.81. The van der Waals surface area contributed by atoms with Gasteiger partial charge in [-0.1, -0.05) is 0 Å². The van der Waals surface area contributed by atoms with Crippen molar-refractivity contribution in [3.8, 4) is 0 Å². The highest BCUT2D eigenvalue weighted by atomic mass is 79.9. The Bertz CT molecular complexity index is 578. The lowest BCUT2D eigenvalue weighted by Gasteiger charge is -2.19. The molecule has 1 unspecified atom stereocenters. The van der Waals surface area contributed by atoms with Crippen LogP contribution in [0.5, 0.6) is 0 Å². The van der Waals surface area contributed by atoms with E-state index in [1.807, 2.05) is 31.0 Å². The maximum atomic E-state index is 4.49. The van der Waals surface area contributed by atoms with Crippen molar-refractivity contribution in [1.82, 2.24) is 30.0 Å². The van der Waals surface area contributed by atoms with E-state index in [1.165, 1.54) is 0 Å². The fourth-order valence-corrected chi connectivity index (χ4v) is 2.63. The van der Waals surface area contributed by atoms with E-state index in [-0.39, 0.29) is 6.04 Å². The highest BCUT2D eigenvalue weighted by molar-refractivity contribution is 9.10. The van der Waals surface area contributed by atoms with Crippen LogP contribution in [0, 0.1) is 6.92 Å². The van der Waals surface area contributed by atoms with Crippen LogP contribution in [-0.4, -0.2) is 52.3 Å². The molecule has 0 saturated carbocycles. The van der Waals surface area contributed by atoms with Gasteiger partial charge in [0.05, 0.1) is 46.5 Å². The fraction of sp³-hybridized carbons (Fsp3) is 0.500. The molecule has 0 spiro atoms. The van der Waals surface area contributed by atoms with Gasteiger partial charge in [0.2, 0.25) is 0 Å². The Morgan fingerprint density at radius 3 is 2.62 bits per heavy atom. The number of likely N-dealkylation sites (N-methyl/N-ethyl adjacent to an activating group) is 1. The Hall–Kier alpha value is -1.31. The Labute approximate surface area is 133 Å². The Kier molecular flexibility index (Phi) is 5.44. The van der Waals surface area contributed by atoms with Crippen molar-refractivity contribution in [3.63, 3.8) is 0 Å². The zero-order valence-electron chi connectivity index (χ0n) is 12.8. The summed E-state index contributed by atoms with van der Waals surface area (Å²) in [5.41, 5.74) is 2.86. The molecular weight excluding hydrogens is 332 g/mol. The molecule has 2 rings (SSSR count). The number of nitrogens with zero attached hydrogens (tertiary/aromatic N) is 5. The largest absolute Gasteiger partial charge is 0.308 e. The summed E-state index contributed by atoms with van der Waals surface area (Å²) in [6.07, 6.45) is 5.43. The van der Waals surface area contributed by atoms with E-state index < -0.39 is 0 Å². The van der Waals surface area contributed by atoms with Crippen molar-refractivity contribution in [2.75, 3.05) is 27.7 Å². The summed E-state index contributed by atoms with van der Waals surface area (Å²) in [7, 11) is 6.03. The van der Waals surface area contributed by atoms with E-state index >= 15 is 0 Å². The summed E-state index contributed by atoms with van der Waals surface area (Å²) >= 11 is 3.59. The van der Waals surface area contributed by atoms with Gasteiger partial charge in [0, 0.05) is 12.7 Å². The van der Waals surface area contributed by atoms with E-state index in [4.69, 9.17) is 0 Å². The van der Waals surface area contributed by atoms with Crippen LogP contribution in [0.25, 0.3) is 0 Å². The van der Waals surface area contributed by atoms with Crippen LogP contribution in [0.4, 0.5) is 0 Å². The third-order valence-corrected chi connectivity index (χ3v) is 3.86. The number of hydrogen-bond acceptors (Lipinski definition) is 5. The molecule has 1 atom stereocenters. The van der Waals surface area contributed by atoms with Gasteiger partial charge in [-0.3, -0.25) is 14.6 Å². The third-order valence-electron chi connectivity index (χ3n) is 3.25. The van der Waals surface area contributed by atoms with Gasteiger partial charge >= 0.3 is 0 Å². The second-order valence-corrected chi connectivity index (χ2v) is 6.06. The van der Waals surface area contributed by atoms with Crippen molar-refractivity contribution in [2.45, 2.75) is 19.5 Å². The average molecular weight is 353 g/mol. The van der Waals surface area contributed by atoms with E-state index in [9.17, 15) is 0 Å². The first-order chi connectivity index (χ1) is 10.0. The minimum absolute atomic E-state index is 0.0443. The molecule has 0 aromatic carbocycles. The molecule has 6 nitrogen and oxygen atoms in total. The first-order valence-electron chi connectivity index (χ1n) is 6.84. The molecule has 21 heavy (non-hydrogen) atoms. The summed E-state index contributed by atoms with van der Waals surface area (Å²) in [5, 5.41) is 7.76. The van der Waals surface area contributed by atoms with Crippen LogP contribution in [0.3, 0.4) is 0 Å².